The summed E-state index contributed by atoms with van der Waals surface area (Å²) >= 11 is 3.07. The molecule has 0 saturated carbocycles. The van der Waals surface area contributed by atoms with E-state index in [0.29, 0.717) is 12.5 Å². The number of likely N-dealkylation sites (N-methyl/N-ethyl adjacent to an activating group) is 1. The van der Waals surface area contributed by atoms with Gasteiger partial charge in [-0.1, -0.05) is 6.08 Å². The molecule has 0 aliphatic carbocycles. The number of aromatic nitrogens is 2. The fourth-order valence-corrected chi connectivity index (χ4v) is 3.81. The van der Waals surface area contributed by atoms with E-state index in [4.69, 9.17) is 25.1 Å². The van der Waals surface area contributed by atoms with Gasteiger partial charge in [-0.25, -0.2) is 9.59 Å². The fraction of sp³-hybridized carbons (Fsp3) is 0.562. The van der Waals surface area contributed by atoms with Crippen LogP contribution in [0.5, 0.6) is 0 Å². The van der Waals surface area contributed by atoms with Crippen molar-refractivity contribution in [2.24, 2.45) is 0 Å². The van der Waals surface area contributed by atoms with Gasteiger partial charge < -0.3 is 10.2 Å². The molecule has 0 radical (unpaired) electrons. The smallest absolute Gasteiger partial charge is 0.414 e. The van der Waals surface area contributed by atoms with Crippen LogP contribution in [0.4, 0.5) is 0 Å². The van der Waals surface area contributed by atoms with Crippen LogP contribution in [-0.4, -0.2) is 61.2 Å². The third kappa shape index (κ3) is 7.51. The molecular formula is C16H22N4O4S2. The van der Waals surface area contributed by atoms with Crippen molar-refractivity contribution >= 4 is 41.0 Å². The van der Waals surface area contributed by atoms with E-state index < -0.39 is 11.9 Å². The molecule has 1 aliphatic heterocycles. The van der Waals surface area contributed by atoms with Gasteiger partial charge in [0.15, 0.2) is 0 Å². The minimum Gasteiger partial charge on any atom is -0.473 e. The molecule has 1 atom stereocenters. The molecule has 0 fully saturated rings. The molecule has 2 N–H and O–H groups in total. The molecule has 2 heterocycles. The number of carbonyl (C=O) groups is 2. The van der Waals surface area contributed by atoms with Crippen molar-refractivity contribution < 1.29 is 19.8 Å². The number of rotatable bonds is 6. The quantitative estimate of drug-likeness (QED) is 0.422. The van der Waals surface area contributed by atoms with Crippen LogP contribution in [0.15, 0.2) is 11.1 Å². The molecule has 1 aromatic rings. The van der Waals surface area contributed by atoms with E-state index in [2.05, 4.69) is 39.8 Å². The summed E-state index contributed by atoms with van der Waals surface area (Å²) in [4.78, 5) is 20.6. The molecule has 0 saturated heterocycles. The van der Waals surface area contributed by atoms with E-state index in [0.717, 1.165) is 42.3 Å². The Hall–Kier alpha value is -1.96. The molecule has 142 valence electrons. The van der Waals surface area contributed by atoms with Crippen molar-refractivity contribution in [2.45, 2.75) is 43.7 Å². The van der Waals surface area contributed by atoms with Crippen LogP contribution in [0.25, 0.3) is 5.57 Å². The van der Waals surface area contributed by atoms with Gasteiger partial charge >= 0.3 is 11.9 Å². The third-order valence-corrected chi connectivity index (χ3v) is 5.44. The predicted octanol–water partition coefficient (Wildman–Crippen LogP) is 2.59. The molecule has 1 unspecified atom stereocenters. The Morgan fingerprint density at radius 1 is 1.38 bits per heavy atom. The largest absolute Gasteiger partial charge is 0.473 e. The SMILES string of the molecule is CC1CC=C(c2nsnc2SCCCCC#N)CN1C.O=C(O)C(=O)O. The van der Waals surface area contributed by atoms with Gasteiger partial charge in [0.25, 0.3) is 0 Å². The Kier molecular flexibility index (Phi) is 9.87. The molecule has 1 aromatic heterocycles. The second kappa shape index (κ2) is 11.6. The Morgan fingerprint density at radius 2 is 2.08 bits per heavy atom. The Bertz CT molecular complexity index is 672. The number of nitrogens with zero attached hydrogens (tertiary/aromatic N) is 4. The molecule has 2 rings (SSSR count). The van der Waals surface area contributed by atoms with Gasteiger partial charge in [0.2, 0.25) is 0 Å². The first-order valence-corrected chi connectivity index (χ1v) is 9.76. The van der Waals surface area contributed by atoms with Crippen molar-refractivity contribution in [3.8, 4) is 6.07 Å². The highest BCUT2D eigenvalue weighted by Crippen LogP contribution is 2.30. The van der Waals surface area contributed by atoms with Crippen molar-refractivity contribution in [1.29, 1.82) is 5.26 Å². The first-order chi connectivity index (χ1) is 12.4. The van der Waals surface area contributed by atoms with Crippen LogP contribution in [0.2, 0.25) is 0 Å². The number of aliphatic carboxylic acids is 2. The van der Waals surface area contributed by atoms with E-state index in [9.17, 15) is 0 Å². The molecular weight excluding hydrogens is 376 g/mol. The normalized spacial score (nSPS) is 16.8. The summed E-state index contributed by atoms with van der Waals surface area (Å²) in [7, 11) is 2.16. The average Bonchev–Trinajstić information content (AvgIpc) is 3.06. The topological polar surface area (TPSA) is 127 Å². The monoisotopic (exact) mass is 398 g/mol. The van der Waals surface area contributed by atoms with Gasteiger partial charge in [0.05, 0.1) is 17.8 Å². The summed E-state index contributed by atoms with van der Waals surface area (Å²) in [5.74, 6) is -2.63. The van der Waals surface area contributed by atoms with E-state index in [-0.39, 0.29) is 0 Å². The van der Waals surface area contributed by atoms with Gasteiger partial charge in [0, 0.05) is 19.0 Å². The molecule has 0 amide bonds. The number of carboxylic acids is 2. The van der Waals surface area contributed by atoms with Crippen LogP contribution in [0.1, 0.15) is 38.3 Å². The number of nitriles is 1. The summed E-state index contributed by atoms with van der Waals surface area (Å²) in [5, 5.41) is 24.4. The predicted molar refractivity (Wildman–Crippen MR) is 100 cm³/mol. The van der Waals surface area contributed by atoms with Crippen molar-refractivity contribution in [3.05, 3.63) is 11.8 Å². The van der Waals surface area contributed by atoms with Crippen LogP contribution < -0.4 is 0 Å². The number of hydrogen-bond donors (Lipinski definition) is 2. The number of carboxylic acid groups (broad SMARTS) is 2. The summed E-state index contributed by atoms with van der Waals surface area (Å²) in [6, 6.07) is 2.79. The Balaban J connectivity index is 0.000000487. The van der Waals surface area contributed by atoms with Crippen molar-refractivity contribution in [3.63, 3.8) is 0 Å². The maximum atomic E-state index is 9.10. The average molecular weight is 399 g/mol. The molecule has 26 heavy (non-hydrogen) atoms. The molecule has 1 aliphatic rings. The number of hydrogen-bond acceptors (Lipinski definition) is 8. The van der Waals surface area contributed by atoms with Gasteiger partial charge in [-0.15, -0.1) is 11.8 Å². The van der Waals surface area contributed by atoms with Crippen molar-refractivity contribution in [2.75, 3.05) is 19.3 Å². The van der Waals surface area contributed by atoms with Gasteiger partial charge in [-0.2, -0.15) is 14.0 Å². The van der Waals surface area contributed by atoms with Gasteiger partial charge in [0.1, 0.15) is 10.7 Å². The van der Waals surface area contributed by atoms with E-state index in [1.165, 1.54) is 17.3 Å². The first kappa shape index (κ1) is 22.1. The molecule has 0 aromatic carbocycles. The summed E-state index contributed by atoms with van der Waals surface area (Å²) in [6.07, 6.45) is 6.07. The minimum atomic E-state index is -1.82. The van der Waals surface area contributed by atoms with Crippen LogP contribution in [0, 0.1) is 11.3 Å². The molecule has 0 bridgehead atoms. The number of unbranched alkanes of at least 4 members (excludes halogenated alkanes) is 2. The fourth-order valence-electron chi connectivity index (χ4n) is 2.10. The maximum absolute atomic E-state index is 9.10. The number of thioether (sulfide) groups is 1. The maximum Gasteiger partial charge on any atom is 0.414 e. The lowest BCUT2D eigenvalue weighted by atomic mass is 10.0. The van der Waals surface area contributed by atoms with Gasteiger partial charge in [-0.3, -0.25) is 4.90 Å². The zero-order valence-corrected chi connectivity index (χ0v) is 16.3. The van der Waals surface area contributed by atoms with Crippen molar-refractivity contribution in [1.82, 2.24) is 13.6 Å². The summed E-state index contributed by atoms with van der Waals surface area (Å²) in [6.45, 7) is 3.20. The molecule has 10 heteroatoms. The Labute approximate surface area is 160 Å². The van der Waals surface area contributed by atoms with E-state index in [1.807, 2.05) is 0 Å². The van der Waals surface area contributed by atoms with Crippen LogP contribution in [-0.2, 0) is 9.59 Å². The van der Waals surface area contributed by atoms with Crippen LogP contribution >= 0.6 is 23.5 Å². The van der Waals surface area contributed by atoms with E-state index in [1.54, 1.807) is 11.8 Å². The minimum absolute atomic E-state index is 0.604. The Morgan fingerprint density at radius 3 is 2.65 bits per heavy atom. The zero-order chi connectivity index (χ0) is 19.5. The lowest BCUT2D eigenvalue weighted by molar-refractivity contribution is -0.159. The molecule has 0 spiro atoms. The molecule has 8 nitrogen and oxygen atoms in total. The lowest BCUT2D eigenvalue weighted by Gasteiger charge is -2.29. The zero-order valence-electron chi connectivity index (χ0n) is 14.7. The van der Waals surface area contributed by atoms with Gasteiger partial charge in [-0.05, 0) is 44.6 Å². The third-order valence-electron chi connectivity index (χ3n) is 3.74. The highest BCUT2D eigenvalue weighted by molar-refractivity contribution is 7.99. The summed E-state index contributed by atoms with van der Waals surface area (Å²) < 4.78 is 8.90. The van der Waals surface area contributed by atoms with E-state index >= 15 is 0 Å². The highest BCUT2D eigenvalue weighted by atomic mass is 32.2. The second-order valence-corrected chi connectivity index (χ2v) is 7.33. The first-order valence-electron chi connectivity index (χ1n) is 8.05. The van der Waals surface area contributed by atoms with Crippen LogP contribution in [0.3, 0.4) is 0 Å². The summed E-state index contributed by atoms with van der Waals surface area (Å²) in [5.41, 5.74) is 2.37. The standard InChI is InChI=1S/C14H20N4S2.C2H2O4/c1-11-6-7-12(10-18(11)2)13-14(17-20-16-13)19-9-5-3-4-8-15;3-1(4)2(5)6/h7,11H,3-6,9-10H2,1-2H3;(H,3,4)(H,5,6). The lowest BCUT2D eigenvalue weighted by Crippen LogP contribution is -2.33. The second-order valence-electron chi connectivity index (χ2n) is 5.72. The highest BCUT2D eigenvalue weighted by Gasteiger charge is 2.21.